The molecule has 0 aromatic carbocycles. The van der Waals surface area contributed by atoms with E-state index in [1.54, 1.807) is 0 Å². The van der Waals surface area contributed by atoms with Crippen LogP contribution < -0.4 is 11.3 Å². The van der Waals surface area contributed by atoms with Gasteiger partial charge >= 0.3 is 0 Å². The van der Waals surface area contributed by atoms with Gasteiger partial charge in [-0.05, 0) is 44.4 Å². The predicted molar refractivity (Wildman–Crippen MR) is 67.6 cm³/mol. The van der Waals surface area contributed by atoms with Crippen molar-refractivity contribution in [1.29, 1.82) is 0 Å². The quantitative estimate of drug-likeness (QED) is 0.449. The first kappa shape index (κ1) is 13.8. The van der Waals surface area contributed by atoms with Gasteiger partial charge in [0.1, 0.15) is 6.10 Å². The van der Waals surface area contributed by atoms with Gasteiger partial charge in [-0.3, -0.25) is 10.2 Å². The third-order valence-electron chi connectivity index (χ3n) is 4.02. The molecule has 1 aliphatic heterocycles. The minimum atomic E-state index is -0.394. The minimum Gasteiger partial charge on any atom is -0.376 e. The minimum absolute atomic E-state index is 0.0478. The van der Waals surface area contributed by atoms with E-state index in [0.29, 0.717) is 12.7 Å². The van der Waals surface area contributed by atoms with Crippen molar-refractivity contribution in [3.8, 4) is 0 Å². The molecule has 0 bridgehead atoms. The zero-order valence-corrected chi connectivity index (χ0v) is 11.1. The first-order valence-corrected chi connectivity index (χ1v) is 6.96. The number of carbonyl (C=O) groups is 1. The Hall–Kier alpha value is -0.650. The van der Waals surface area contributed by atoms with Crippen LogP contribution in [0, 0.1) is 5.92 Å². The Bertz CT molecular complexity index is 277. The molecular formula is C13H24N2O3. The lowest BCUT2D eigenvalue weighted by atomic mass is 9.89. The number of hydrazine groups is 1. The summed E-state index contributed by atoms with van der Waals surface area (Å²) in [5, 5.41) is 0. The first-order chi connectivity index (χ1) is 8.69. The van der Waals surface area contributed by atoms with Crippen LogP contribution in [0.4, 0.5) is 0 Å². The molecule has 2 aliphatic rings. The standard InChI is InChI=1S/C13H24N2O3/c1-9-2-4-10(5-3-9)17-8-11-6-7-12(18-11)13(16)15-14/h9-12H,2-8,14H2,1H3,(H,15,16). The van der Waals surface area contributed by atoms with E-state index in [-0.39, 0.29) is 12.0 Å². The molecule has 1 aliphatic carbocycles. The molecule has 0 spiro atoms. The molecule has 0 aromatic heterocycles. The first-order valence-electron chi connectivity index (χ1n) is 6.96. The Morgan fingerprint density at radius 2 is 2.00 bits per heavy atom. The SMILES string of the molecule is CC1CCC(OCC2CCC(C(=O)NN)O2)CC1. The van der Waals surface area contributed by atoms with Crippen molar-refractivity contribution in [2.75, 3.05) is 6.61 Å². The van der Waals surface area contributed by atoms with Gasteiger partial charge < -0.3 is 9.47 Å². The Labute approximate surface area is 108 Å². The molecule has 2 rings (SSSR count). The number of nitrogens with two attached hydrogens (primary N) is 1. The van der Waals surface area contributed by atoms with E-state index in [4.69, 9.17) is 15.3 Å². The zero-order valence-electron chi connectivity index (χ0n) is 11.1. The highest BCUT2D eigenvalue weighted by molar-refractivity contribution is 5.80. The van der Waals surface area contributed by atoms with Crippen molar-refractivity contribution in [3.05, 3.63) is 0 Å². The highest BCUT2D eigenvalue weighted by atomic mass is 16.5. The van der Waals surface area contributed by atoms with Gasteiger partial charge in [-0.25, -0.2) is 5.84 Å². The second kappa shape index (κ2) is 6.50. The van der Waals surface area contributed by atoms with Crippen LogP contribution in [0.3, 0.4) is 0 Å². The lowest BCUT2D eigenvalue weighted by Gasteiger charge is -2.27. The molecule has 0 radical (unpaired) electrons. The monoisotopic (exact) mass is 256 g/mol. The van der Waals surface area contributed by atoms with Gasteiger partial charge in [0.15, 0.2) is 0 Å². The number of carbonyl (C=O) groups excluding carboxylic acids is 1. The average Bonchev–Trinajstić information content (AvgIpc) is 2.86. The second-order valence-corrected chi connectivity index (χ2v) is 5.55. The Balaban J connectivity index is 1.64. The molecule has 3 N–H and O–H groups in total. The number of ether oxygens (including phenoxy) is 2. The van der Waals surface area contributed by atoms with Crippen molar-refractivity contribution in [2.24, 2.45) is 11.8 Å². The van der Waals surface area contributed by atoms with E-state index >= 15 is 0 Å². The Kier molecular flexibility index (Phi) is 4.97. The summed E-state index contributed by atoms with van der Waals surface area (Å²) in [5.74, 6) is 5.70. The van der Waals surface area contributed by atoms with Gasteiger partial charge in [0.2, 0.25) is 0 Å². The van der Waals surface area contributed by atoms with Crippen LogP contribution in [0.1, 0.15) is 45.4 Å². The van der Waals surface area contributed by atoms with Crippen LogP contribution in [0.15, 0.2) is 0 Å². The largest absolute Gasteiger partial charge is 0.376 e. The van der Waals surface area contributed by atoms with Gasteiger partial charge in [0.25, 0.3) is 5.91 Å². The van der Waals surface area contributed by atoms with Crippen molar-refractivity contribution < 1.29 is 14.3 Å². The highest BCUT2D eigenvalue weighted by Gasteiger charge is 2.31. The lowest BCUT2D eigenvalue weighted by molar-refractivity contribution is -0.134. The third-order valence-corrected chi connectivity index (χ3v) is 4.02. The Morgan fingerprint density at radius 3 is 2.67 bits per heavy atom. The average molecular weight is 256 g/mol. The van der Waals surface area contributed by atoms with Crippen LogP contribution in [0.5, 0.6) is 0 Å². The van der Waals surface area contributed by atoms with Crippen molar-refractivity contribution in [1.82, 2.24) is 5.43 Å². The molecule has 2 fully saturated rings. The fourth-order valence-corrected chi connectivity index (χ4v) is 2.75. The van der Waals surface area contributed by atoms with E-state index in [0.717, 1.165) is 31.6 Å². The maximum atomic E-state index is 11.3. The molecule has 1 saturated carbocycles. The van der Waals surface area contributed by atoms with Gasteiger partial charge in [0.05, 0.1) is 18.8 Å². The summed E-state index contributed by atoms with van der Waals surface area (Å²) in [6, 6.07) is 0. The molecule has 0 aromatic rings. The molecule has 5 heteroatoms. The van der Waals surface area contributed by atoms with Crippen molar-refractivity contribution >= 4 is 5.91 Å². The summed E-state index contributed by atoms with van der Waals surface area (Å²) in [5.41, 5.74) is 2.13. The van der Waals surface area contributed by atoms with Gasteiger partial charge in [0, 0.05) is 0 Å². The summed E-state index contributed by atoms with van der Waals surface area (Å²) >= 11 is 0. The van der Waals surface area contributed by atoms with Gasteiger partial charge in [-0.2, -0.15) is 0 Å². The molecule has 5 nitrogen and oxygen atoms in total. The van der Waals surface area contributed by atoms with Crippen LogP contribution in [0.2, 0.25) is 0 Å². The van der Waals surface area contributed by atoms with Gasteiger partial charge in [-0.1, -0.05) is 6.92 Å². The smallest absolute Gasteiger partial charge is 0.263 e. The fraction of sp³-hybridized carbons (Fsp3) is 0.923. The van der Waals surface area contributed by atoms with Crippen LogP contribution >= 0.6 is 0 Å². The lowest BCUT2D eigenvalue weighted by Crippen LogP contribution is -2.39. The summed E-state index contributed by atoms with van der Waals surface area (Å²) < 4.78 is 11.5. The maximum absolute atomic E-state index is 11.3. The summed E-state index contributed by atoms with van der Waals surface area (Å²) in [6.07, 6.45) is 6.47. The van der Waals surface area contributed by atoms with E-state index in [1.807, 2.05) is 0 Å². The Morgan fingerprint density at radius 1 is 1.28 bits per heavy atom. The second-order valence-electron chi connectivity index (χ2n) is 5.55. The summed E-state index contributed by atoms with van der Waals surface area (Å²) in [6.45, 7) is 2.90. The summed E-state index contributed by atoms with van der Waals surface area (Å²) in [4.78, 5) is 11.3. The normalized spacial score (nSPS) is 36.6. The number of amides is 1. The van der Waals surface area contributed by atoms with Crippen molar-refractivity contribution in [3.63, 3.8) is 0 Å². The van der Waals surface area contributed by atoms with Crippen LogP contribution in [-0.2, 0) is 14.3 Å². The number of hydrogen-bond acceptors (Lipinski definition) is 4. The number of rotatable bonds is 4. The topological polar surface area (TPSA) is 73.6 Å². The molecule has 1 saturated heterocycles. The van der Waals surface area contributed by atoms with Crippen LogP contribution in [0.25, 0.3) is 0 Å². The van der Waals surface area contributed by atoms with E-state index in [9.17, 15) is 4.79 Å². The molecule has 2 unspecified atom stereocenters. The van der Waals surface area contributed by atoms with Crippen LogP contribution in [-0.4, -0.2) is 30.8 Å². The summed E-state index contributed by atoms with van der Waals surface area (Å²) in [7, 11) is 0. The molecule has 1 amide bonds. The maximum Gasteiger partial charge on any atom is 0.263 e. The highest BCUT2D eigenvalue weighted by Crippen LogP contribution is 2.27. The third kappa shape index (κ3) is 3.67. The zero-order chi connectivity index (χ0) is 13.0. The van der Waals surface area contributed by atoms with Gasteiger partial charge in [-0.15, -0.1) is 0 Å². The molecule has 2 atom stereocenters. The molecule has 18 heavy (non-hydrogen) atoms. The van der Waals surface area contributed by atoms with E-state index < -0.39 is 6.10 Å². The molecular weight excluding hydrogens is 232 g/mol. The molecule has 104 valence electrons. The fourth-order valence-electron chi connectivity index (χ4n) is 2.75. The predicted octanol–water partition coefficient (Wildman–Crippen LogP) is 1.12. The number of hydrogen-bond donors (Lipinski definition) is 2. The number of nitrogens with one attached hydrogen (secondary N) is 1. The molecule has 1 heterocycles. The van der Waals surface area contributed by atoms with Crippen molar-refractivity contribution in [2.45, 2.75) is 63.8 Å². The van der Waals surface area contributed by atoms with E-state index in [1.165, 1.54) is 12.8 Å². The van der Waals surface area contributed by atoms with E-state index in [2.05, 4.69) is 12.3 Å².